The van der Waals surface area contributed by atoms with Crippen LogP contribution in [0.25, 0.3) is 0 Å². The van der Waals surface area contributed by atoms with Crippen molar-refractivity contribution in [1.82, 2.24) is 0 Å². The first-order valence-corrected chi connectivity index (χ1v) is 7.03. The Labute approximate surface area is 118 Å². The first-order valence-electron chi connectivity index (χ1n) is 7.03. The molecule has 3 N–H and O–H groups in total. The van der Waals surface area contributed by atoms with E-state index in [-0.39, 0.29) is 25.2 Å². The smallest absolute Gasteiger partial charge is 0.338 e. The Bertz CT molecular complexity index is 426. The van der Waals surface area contributed by atoms with Gasteiger partial charge in [-0.1, -0.05) is 0 Å². The molecule has 0 aromatic heterocycles. The second-order valence-electron chi connectivity index (χ2n) is 5.11. The zero-order chi connectivity index (χ0) is 14.4. The van der Waals surface area contributed by atoms with Crippen LogP contribution in [0.3, 0.4) is 0 Å². The number of anilines is 1. The molecule has 0 saturated heterocycles. The monoisotopic (exact) mass is 279 g/mol. The average molecular weight is 279 g/mol. The highest BCUT2D eigenvalue weighted by molar-refractivity contribution is 5.89. The summed E-state index contributed by atoms with van der Waals surface area (Å²) in [4.78, 5) is 11.9. The van der Waals surface area contributed by atoms with Crippen LogP contribution in [0.4, 0.5) is 5.69 Å². The Hall–Kier alpha value is -1.59. The normalized spacial score (nSPS) is 16.9. The van der Waals surface area contributed by atoms with Gasteiger partial charge in [0.2, 0.25) is 0 Å². The van der Waals surface area contributed by atoms with Crippen molar-refractivity contribution in [2.75, 3.05) is 18.5 Å². The van der Waals surface area contributed by atoms with Crippen molar-refractivity contribution >= 4 is 11.7 Å². The molecule has 2 rings (SSSR count). The van der Waals surface area contributed by atoms with Gasteiger partial charge in [-0.05, 0) is 49.9 Å². The van der Waals surface area contributed by atoms with E-state index in [0.717, 1.165) is 31.4 Å². The molecule has 1 fully saturated rings. The molecule has 0 bridgehead atoms. The van der Waals surface area contributed by atoms with Crippen LogP contribution >= 0.6 is 0 Å². The van der Waals surface area contributed by atoms with Gasteiger partial charge in [0.25, 0.3) is 0 Å². The quantitative estimate of drug-likeness (QED) is 0.689. The lowest BCUT2D eigenvalue weighted by molar-refractivity contribution is 0.0318. The molecule has 1 atom stereocenters. The molecule has 0 heterocycles. The highest BCUT2D eigenvalue weighted by atomic mass is 16.5. The summed E-state index contributed by atoms with van der Waals surface area (Å²) >= 11 is 0. The maximum Gasteiger partial charge on any atom is 0.338 e. The Morgan fingerprint density at radius 1 is 1.30 bits per heavy atom. The van der Waals surface area contributed by atoms with E-state index in [2.05, 4.69) is 5.32 Å². The molecule has 1 aliphatic carbocycles. The second-order valence-corrected chi connectivity index (χ2v) is 5.11. The molecule has 1 unspecified atom stereocenters. The van der Waals surface area contributed by atoms with Gasteiger partial charge in [-0.3, -0.25) is 0 Å². The number of rotatable bonds is 6. The number of carbonyl (C=O) groups excluding carboxylic acids is 1. The molecule has 0 aliphatic heterocycles. The van der Waals surface area contributed by atoms with Crippen LogP contribution in [0.5, 0.6) is 0 Å². The number of benzene rings is 1. The molecular weight excluding hydrogens is 258 g/mol. The molecule has 20 heavy (non-hydrogen) atoms. The minimum atomic E-state index is -0.790. The average Bonchev–Trinajstić information content (AvgIpc) is 2.98. The van der Waals surface area contributed by atoms with Crippen molar-refractivity contribution in [3.8, 4) is 0 Å². The van der Waals surface area contributed by atoms with E-state index in [4.69, 9.17) is 9.84 Å². The van der Waals surface area contributed by atoms with Crippen LogP contribution in [0.2, 0.25) is 0 Å². The van der Waals surface area contributed by atoms with Gasteiger partial charge in [0.1, 0.15) is 6.10 Å². The van der Waals surface area contributed by atoms with Crippen molar-refractivity contribution in [2.45, 2.75) is 37.9 Å². The van der Waals surface area contributed by atoms with Gasteiger partial charge in [0.05, 0.1) is 18.3 Å². The van der Waals surface area contributed by atoms with Crippen LogP contribution < -0.4 is 5.32 Å². The van der Waals surface area contributed by atoms with Crippen molar-refractivity contribution in [3.05, 3.63) is 29.8 Å². The molecule has 1 aromatic carbocycles. The zero-order valence-electron chi connectivity index (χ0n) is 11.4. The summed E-state index contributed by atoms with van der Waals surface area (Å²) in [6.07, 6.45) is 3.47. The Kier molecular flexibility index (Phi) is 5.38. The molecule has 1 aliphatic rings. The van der Waals surface area contributed by atoms with Crippen molar-refractivity contribution in [2.24, 2.45) is 0 Å². The molecule has 0 spiro atoms. The summed E-state index contributed by atoms with van der Waals surface area (Å²) < 4.78 is 5.42. The first kappa shape index (κ1) is 14.8. The zero-order valence-corrected chi connectivity index (χ0v) is 11.4. The molecular formula is C15H21NO4. The molecule has 0 amide bonds. The summed E-state index contributed by atoms with van der Waals surface area (Å²) in [5.74, 6) is -0.279. The van der Waals surface area contributed by atoms with E-state index in [0.29, 0.717) is 5.56 Å². The minimum absolute atomic E-state index is 0.0694. The van der Waals surface area contributed by atoms with Crippen molar-refractivity contribution in [1.29, 1.82) is 0 Å². The Morgan fingerprint density at radius 3 is 2.55 bits per heavy atom. The summed E-state index contributed by atoms with van der Waals surface area (Å²) in [7, 11) is 0. The summed E-state index contributed by atoms with van der Waals surface area (Å²) in [6.45, 7) is -0.0127. The number of esters is 1. The first-order chi connectivity index (χ1) is 9.69. The molecule has 110 valence electrons. The van der Waals surface area contributed by atoms with Crippen LogP contribution in [-0.2, 0) is 4.74 Å². The fraction of sp³-hybridized carbons (Fsp3) is 0.533. The van der Waals surface area contributed by atoms with Gasteiger partial charge >= 0.3 is 5.97 Å². The van der Waals surface area contributed by atoms with Crippen LogP contribution in [-0.4, -0.2) is 41.5 Å². The number of aliphatic hydroxyl groups is 2. The maximum atomic E-state index is 11.9. The third-order valence-corrected chi connectivity index (χ3v) is 3.45. The summed E-state index contributed by atoms with van der Waals surface area (Å²) in [6, 6.07) is 6.92. The molecule has 1 saturated carbocycles. The van der Waals surface area contributed by atoms with Gasteiger partial charge < -0.3 is 20.3 Å². The van der Waals surface area contributed by atoms with Gasteiger partial charge in [0.15, 0.2) is 0 Å². The number of nitrogens with one attached hydrogen (secondary N) is 1. The molecule has 5 nitrogen and oxygen atoms in total. The third-order valence-electron chi connectivity index (χ3n) is 3.45. The Balaban J connectivity index is 1.85. The lowest BCUT2D eigenvalue weighted by Crippen LogP contribution is -2.22. The van der Waals surface area contributed by atoms with Crippen LogP contribution in [0, 0.1) is 0 Å². The molecule has 0 radical (unpaired) electrons. The highest BCUT2D eigenvalue weighted by Gasteiger charge is 2.19. The lowest BCUT2D eigenvalue weighted by Gasteiger charge is -2.12. The van der Waals surface area contributed by atoms with Gasteiger partial charge in [0, 0.05) is 12.2 Å². The van der Waals surface area contributed by atoms with Gasteiger partial charge in [-0.2, -0.15) is 0 Å². The van der Waals surface area contributed by atoms with Crippen LogP contribution in [0.1, 0.15) is 36.0 Å². The molecule has 1 aromatic rings. The second kappa shape index (κ2) is 7.26. The largest absolute Gasteiger partial charge is 0.459 e. The lowest BCUT2D eigenvalue weighted by atomic mass is 10.2. The van der Waals surface area contributed by atoms with E-state index in [1.807, 2.05) is 0 Å². The maximum absolute atomic E-state index is 11.9. The fourth-order valence-corrected chi connectivity index (χ4v) is 2.25. The summed E-state index contributed by atoms with van der Waals surface area (Å²) in [5.41, 5.74) is 1.32. The predicted molar refractivity (Wildman–Crippen MR) is 75.7 cm³/mol. The van der Waals surface area contributed by atoms with Crippen LogP contribution in [0.15, 0.2) is 24.3 Å². The van der Waals surface area contributed by atoms with E-state index in [9.17, 15) is 9.90 Å². The van der Waals surface area contributed by atoms with E-state index in [1.54, 1.807) is 24.3 Å². The van der Waals surface area contributed by atoms with E-state index < -0.39 is 6.10 Å². The number of hydrogen-bond donors (Lipinski definition) is 3. The fourth-order valence-electron chi connectivity index (χ4n) is 2.25. The third kappa shape index (κ3) is 4.21. The number of aliphatic hydroxyl groups excluding tert-OH is 2. The Morgan fingerprint density at radius 2 is 1.95 bits per heavy atom. The van der Waals surface area contributed by atoms with Crippen molar-refractivity contribution in [3.63, 3.8) is 0 Å². The van der Waals surface area contributed by atoms with E-state index >= 15 is 0 Å². The van der Waals surface area contributed by atoms with Crippen molar-refractivity contribution < 1.29 is 19.7 Å². The highest BCUT2D eigenvalue weighted by Crippen LogP contribution is 2.22. The predicted octanol–water partition coefficient (Wildman–Crippen LogP) is 1.55. The van der Waals surface area contributed by atoms with Gasteiger partial charge in [-0.15, -0.1) is 0 Å². The number of hydrogen-bond acceptors (Lipinski definition) is 5. The SMILES string of the molecule is O=C(OC1CCCC1)c1ccc(NCC(O)CO)cc1. The minimum Gasteiger partial charge on any atom is -0.459 e. The number of ether oxygens (including phenoxy) is 1. The standard InChI is InChI=1S/C15H21NO4/c17-10-13(18)9-16-12-7-5-11(6-8-12)15(19)20-14-3-1-2-4-14/h5-8,13-14,16-18H,1-4,9-10H2. The van der Waals surface area contributed by atoms with E-state index in [1.165, 1.54) is 0 Å². The summed E-state index contributed by atoms with van der Waals surface area (Å²) in [5, 5.41) is 20.9. The molecule has 5 heteroatoms. The van der Waals surface area contributed by atoms with Gasteiger partial charge in [-0.25, -0.2) is 4.79 Å². The topological polar surface area (TPSA) is 78.8 Å². The number of carbonyl (C=O) groups is 1.